The fourth-order valence-electron chi connectivity index (χ4n) is 2.12. The summed E-state index contributed by atoms with van der Waals surface area (Å²) in [5, 5.41) is 8.94. The van der Waals surface area contributed by atoms with Gasteiger partial charge in [-0.3, -0.25) is 4.79 Å². The first-order chi connectivity index (χ1) is 9.11. The molecule has 1 heterocycles. The van der Waals surface area contributed by atoms with E-state index in [4.69, 9.17) is 9.84 Å². The van der Waals surface area contributed by atoms with Crippen molar-refractivity contribution in [2.75, 3.05) is 19.7 Å². The number of hydrogen-bond donors (Lipinski definition) is 1. The average molecular weight is 263 g/mol. The second-order valence-electron chi connectivity index (χ2n) is 4.54. The van der Waals surface area contributed by atoms with Crippen LogP contribution >= 0.6 is 0 Å². The van der Waals surface area contributed by atoms with E-state index in [0.29, 0.717) is 25.3 Å². The molecule has 1 aromatic rings. The minimum absolute atomic E-state index is 0.0698. The molecule has 0 aliphatic carbocycles. The number of ether oxygens (including phenoxy) is 1. The molecular formula is C14H17NO4. The Hall–Kier alpha value is -1.88. The number of benzene rings is 1. The normalized spacial score (nSPS) is 19.2. The first-order valence-corrected chi connectivity index (χ1v) is 6.36. The Balaban J connectivity index is 2.14. The number of hydrogen-bond acceptors (Lipinski definition) is 3. The van der Waals surface area contributed by atoms with Crippen LogP contribution in [0.15, 0.2) is 24.3 Å². The maximum atomic E-state index is 12.3. The molecular weight excluding hydrogens is 246 g/mol. The van der Waals surface area contributed by atoms with Gasteiger partial charge >= 0.3 is 5.97 Å². The number of carbonyl (C=O) groups is 2. The monoisotopic (exact) mass is 263 g/mol. The molecule has 0 spiro atoms. The van der Waals surface area contributed by atoms with Crippen LogP contribution in [0.2, 0.25) is 0 Å². The minimum atomic E-state index is -1.02. The lowest BCUT2D eigenvalue weighted by molar-refractivity contribution is -0.0226. The Morgan fingerprint density at radius 2 is 2.16 bits per heavy atom. The standard InChI is InChI=1S/C14H17NO4/c1-2-12-9-15(6-7-19-12)13(16)10-4-3-5-11(8-10)14(17)18/h3-5,8,12H,2,6-7,9H2,1H3,(H,17,18). The number of nitrogens with zero attached hydrogens (tertiary/aromatic N) is 1. The molecule has 0 bridgehead atoms. The topological polar surface area (TPSA) is 66.8 Å². The van der Waals surface area contributed by atoms with Gasteiger partial charge in [-0.1, -0.05) is 13.0 Å². The highest BCUT2D eigenvalue weighted by molar-refractivity contribution is 5.97. The number of rotatable bonds is 3. The van der Waals surface area contributed by atoms with Crippen LogP contribution in [0.1, 0.15) is 34.1 Å². The summed E-state index contributed by atoms with van der Waals surface area (Å²) in [7, 11) is 0. The number of morpholine rings is 1. The van der Waals surface area contributed by atoms with Gasteiger partial charge in [0.15, 0.2) is 0 Å². The highest BCUT2D eigenvalue weighted by Gasteiger charge is 2.24. The van der Waals surface area contributed by atoms with E-state index in [2.05, 4.69) is 0 Å². The number of carboxylic acids is 1. The third-order valence-electron chi connectivity index (χ3n) is 3.24. The Morgan fingerprint density at radius 1 is 1.42 bits per heavy atom. The van der Waals surface area contributed by atoms with Crippen LogP contribution in [0.4, 0.5) is 0 Å². The number of amides is 1. The SMILES string of the molecule is CCC1CN(C(=O)c2cccc(C(=O)O)c2)CCO1. The predicted octanol–water partition coefficient (Wildman–Crippen LogP) is 1.64. The van der Waals surface area contributed by atoms with E-state index in [-0.39, 0.29) is 17.6 Å². The van der Waals surface area contributed by atoms with Crippen molar-refractivity contribution in [1.29, 1.82) is 0 Å². The minimum Gasteiger partial charge on any atom is -0.478 e. The maximum absolute atomic E-state index is 12.3. The smallest absolute Gasteiger partial charge is 0.335 e. The summed E-state index contributed by atoms with van der Waals surface area (Å²) in [6.07, 6.45) is 0.930. The van der Waals surface area contributed by atoms with Crippen molar-refractivity contribution in [3.8, 4) is 0 Å². The van der Waals surface area contributed by atoms with Crippen molar-refractivity contribution in [3.63, 3.8) is 0 Å². The van der Waals surface area contributed by atoms with Crippen LogP contribution < -0.4 is 0 Å². The molecule has 1 saturated heterocycles. The van der Waals surface area contributed by atoms with E-state index in [1.807, 2.05) is 6.92 Å². The highest BCUT2D eigenvalue weighted by atomic mass is 16.5. The molecule has 1 unspecified atom stereocenters. The summed E-state index contributed by atoms with van der Waals surface area (Å²) >= 11 is 0. The summed E-state index contributed by atoms with van der Waals surface area (Å²) in [5.41, 5.74) is 0.544. The third kappa shape index (κ3) is 3.12. The van der Waals surface area contributed by atoms with E-state index >= 15 is 0 Å². The molecule has 1 aromatic carbocycles. The molecule has 1 amide bonds. The molecule has 1 aliphatic rings. The van der Waals surface area contributed by atoms with Gasteiger partial charge in [-0.2, -0.15) is 0 Å². The van der Waals surface area contributed by atoms with Gasteiger partial charge in [0.1, 0.15) is 0 Å². The molecule has 5 heteroatoms. The Bertz CT molecular complexity index is 486. The Morgan fingerprint density at radius 3 is 2.84 bits per heavy atom. The first kappa shape index (κ1) is 13.5. The highest BCUT2D eigenvalue weighted by Crippen LogP contribution is 2.13. The van der Waals surface area contributed by atoms with Crippen LogP contribution in [-0.2, 0) is 4.74 Å². The van der Waals surface area contributed by atoms with Crippen molar-refractivity contribution in [1.82, 2.24) is 4.90 Å². The van der Waals surface area contributed by atoms with E-state index in [9.17, 15) is 9.59 Å². The van der Waals surface area contributed by atoms with E-state index in [1.165, 1.54) is 12.1 Å². The van der Waals surface area contributed by atoms with E-state index in [1.54, 1.807) is 17.0 Å². The molecule has 0 saturated carbocycles. The van der Waals surface area contributed by atoms with Gasteiger partial charge in [0.25, 0.3) is 5.91 Å². The Labute approximate surface area is 111 Å². The lowest BCUT2D eigenvalue weighted by Gasteiger charge is -2.32. The van der Waals surface area contributed by atoms with Gasteiger partial charge in [-0.05, 0) is 24.6 Å². The summed E-state index contributed by atoms with van der Waals surface area (Å²) in [6.45, 7) is 3.66. The lowest BCUT2D eigenvalue weighted by Crippen LogP contribution is -2.45. The Kier molecular flexibility index (Phi) is 4.16. The molecule has 0 aromatic heterocycles. The van der Waals surface area contributed by atoms with Crippen LogP contribution in [0.25, 0.3) is 0 Å². The van der Waals surface area contributed by atoms with Crippen molar-refractivity contribution in [2.45, 2.75) is 19.4 Å². The molecule has 1 atom stereocenters. The quantitative estimate of drug-likeness (QED) is 0.900. The first-order valence-electron chi connectivity index (χ1n) is 6.36. The van der Waals surface area contributed by atoms with Gasteiger partial charge < -0.3 is 14.7 Å². The van der Waals surface area contributed by atoms with Gasteiger partial charge in [0, 0.05) is 18.7 Å². The fourth-order valence-corrected chi connectivity index (χ4v) is 2.12. The van der Waals surface area contributed by atoms with Crippen molar-refractivity contribution in [2.24, 2.45) is 0 Å². The lowest BCUT2D eigenvalue weighted by atomic mass is 10.1. The second-order valence-corrected chi connectivity index (χ2v) is 4.54. The van der Waals surface area contributed by atoms with E-state index < -0.39 is 5.97 Å². The third-order valence-corrected chi connectivity index (χ3v) is 3.24. The van der Waals surface area contributed by atoms with Crippen LogP contribution in [-0.4, -0.2) is 47.7 Å². The maximum Gasteiger partial charge on any atom is 0.335 e. The van der Waals surface area contributed by atoms with Gasteiger partial charge in [0.2, 0.25) is 0 Å². The largest absolute Gasteiger partial charge is 0.478 e. The molecule has 102 valence electrons. The summed E-state index contributed by atoms with van der Waals surface area (Å²) < 4.78 is 5.52. The predicted molar refractivity (Wildman–Crippen MR) is 69.3 cm³/mol. The van der Waals surface area contributed by atoms with Crippen LogP contribution in [0.5, 0.6) is 0 Å². The van der Waals surface area contributed by atoms with Crippen molar-refractivity contribution < 1.29 is 19.4 Å². The van der Waals surface area contributed by atoms with Gasteiger partial charge in [-0.25, -0.2) is 4.79 Å². The molecule has 2 rings (SSSR count). The van der Waals surface area contributed by atoms with Crippen molar-refractivity contribution >= 4 is 11.9 Å². The summed E-state index contributed by atoms with van der Waals surface area (Å²) in [5.74, 6) is -1.16. The number of carboxylic acid groups (broad SMARTS) is 1. The van der Waals surface area contributed by atoms with Crippen LogP contribution in [0, 0.1) is 0 Å². The summed E-state index contributed by atoms with van der Waals surface area (Å²) in [4.78, 5) is 24.9. The zero-order valence-corrected chi connectivity index (χ0v) is 10.8. The molecule has 1 aliphatic heterocycles. The number of aromatic carboxylic acids is 1. The number of carbonyl (C=O) groups excluding carboxylic acids is 1. The zero-order chi connectivity index (χ0) is 13.8. The van der Waals surface area contributed by atoms with E-state index in [0.717, 1.165) is 6.42 Å². The summed E-state index contributed by atoms with van der Waals surface area (Å²) in [6, 6.07) is 6.13. The molecule has 5 nitrogen and oxygen atoms in total. The van der Waals surface area contributed by atoms with Gasteiger partial charge in [-0.15, -0.1) is 0 Å². The van der Waals surface area contributed by atoms with Crippen molar-refractivity contribution in [3.05, 3.63) is 35.4 Å². The fraction of sp³-hybridized carbons (Fsp3) is 0.429. The molecule has 19 heavy (non-hydrogen) atoms. The average Bonchev–Trinajstić information content (AvgIpc) is 2.46. The van der Waals surface area contributed by atoms with Gasteiger partial charge in [0.05, 0.1) is 18.3 Å². The molecule has 1 fully saturated rings. The van der Waals surface area contributed by atoms with Crippen LogP contribution in [0.3, 0.4) is 0 Å². The second kappa shape index (κ2) is 5.84. The molecule has 0 radical (unpaired) electrons. The zero-order valence-electron chi connectivity index (χ0n) is 10.8. The molecule has 1 N–H and O–H groups in total.